The molecule has 24 heavy (non-hydrogen) atoms. The lowest BCUT2D eigenvalue weighted by Gasteiger charge is -2.29. The van der Waals surface area contributed by atoms with Gasteiger partial charge in [0.15, 0.2) is 0 Å². The molecule has 2 nitrogen and oxygen atoms in total. The van der Waals surface area contributed by atoms with Crippen molar-refractivity contribution in [3.8, 4) is 6.07 Å². The third-order valence-corrected chi connectivity index (χ3v) is 4.16. The van der Waals surface area contributed by atoms with E-state index in [1.165, 1.54) is 11.1 Å². The first-order valence-electron chi connectivity index (χ1n) is 8.07. The molecule has 0 saturated carbocycles. The van der Waals surface area contributed by atoms with Gasteiger partial charge in [-0.3, -0.25) is 4.90 Å². The van der Waals surface area contributed by atoms with Gasteiger partial charge in [0.05, 0.1) is 17.7 Å². The Morgan fingerprint density at radius 3 is 1.96 bits per heavy atom. The molecule has 3 rings (SSSR count). The smallest absolute Gasteiger partial charge is 0.0991 e. The van der Waals surface area contributed by atoms with Crippen molar-refractivity contribution in [2.45, 2.75) is 12.6 Å². The largest absolute Gasteiger partial charge is 0.291 e. The zero-order chi connectivity index (χ0) is 16.8. The Morgan fingerprint density at radius 1 is 0.833 bits per heavy atom. The molecule has 0 saturated heterocycles. The molecule has 3 aromatic carbocycles. The standard InChI is InChI=1S/C22H20N2/c1-24(17-19-10-8-9-18(15-19)16-23)22(20-11-4-2-5-12-20)21-13-6-3-7-14-21/h2-15,22H,17H2,1H3. The molecule has 3 aromatic rings. The molecule has 0 radical (unpaired) electrons. The van der Waals surface area contributed by atoms with Crippen LogP contribution in [0.25, 0.3) is 0 Å². The van der Waals surface area contributed by atoms with E-state index >= 15 is 0 Å². The van der Waals surface area contributed by atoms with Crippen molar-refractivity contribution in [1.29, 1.82) is 5.26 Å². The molecule has 0 aliphatic carbocycles. The summed E-state index contributed by atoms with van der Waals surface area (Å²) in [7, 11) is 2.13. The average molecular weight is 312 g/mol. The molecule has 0 amide bonds. The van der Waals surface area contributed by atoms with E-state index in [1.807, 2.05) is 30.3 Å². The fraction of sp³-hybridized carbons (Fsp3) is 0.136. The maximum Gasteiger partial charge on any atom is 0.0991 e. The van der Waals surface area contributed by atoms with E-state index in [-0.39, 0.29) is 6.04 Å². The summed E-state index contributed by atoms with van der Waals surface area (Å²) in [6.07, 6.45) is 0. The van der Waals surface area contributed by atoms with Crippen LogP contribution in [0.15, 0.2) is 84.9 Å². The topological polar surface area (TPSA) is 27.0 Å². The Morgan fingerprint density at radius 2 is 1.42 bits per heavy atom. The molecular formula is C22H20N2. The highest BCUT2D eigenvalue weighted by Crippen LogP contribution is 2.28. The van der Waals surface area contributed by atoms with Crippen LogP contribution in [-0.4, -0.2) is 11.9 Å². The second-order valence-corrected chi connectivity index (χ2v) is 5.95. The van der Waals surface area contributed by atoms with E-state index in [4.69, 9.17) is 5.26 Å². The van der Waals surface area contributed by atoms with Gasteiger partial charge in [-0.1, -0.05) is 72.8 Å². The van der Waals surface area contributed by atoms with Crippen molar-refractivity contribution in [1.82, 2.24) is 4.90 Å². The summed E-state index contributed by atoms with van der Waals surface area (Å²) >= 11 is 0. The molecule has 0 aliphatic heterocycles. The number of hydrogen-bond donors (Lipinski definition) is 0. The average Bonchev–Trinajstić information content (AvgIpc) is 2.64. The second kappa shape index (κ2) is 7.59. The molecule has 118 valence electrons. The van der Waals surface area contributed by atoms with Crippen LogP contribution < -0.4 is 0 Å². The fourth-order valence-corrected chi connectivity index (χ4v) is 3.09. The fourth-order valence-electron chi connectivity index (χ4n) is 3.09. The molecule has 0 unspecified atom stereocenters. The molecule has 0 fully saturated rings. The van der Waals surface area contributed by atoms with Crippen molar-refractivity contribution in [2.24, 2.45) is 0 Å². The van der Waals surface area contributed by atoms with Gasteiger partial charge in [-0.2, -0.15) is 5.26 Å². The molecule has 0 heterocycles. The predicted octanol–water partition coefficient (Wildman–Crippen LogP) is 4.78. The number of hydrogen-bond acceptors (Lipinski definition) is 2. The minimum absolute atomic E-state index is 0.179. The van der Waals surface area contributed by atoms with Gasteiger partial charge in [0.1, 0.15) is 0 Å². The molecule has 2 heteroatoms. The minimum atomic E-state index is 0.179. The normalized spacial score (nSPS) is 10.8. The Hall–Kier alpha value is -2.89. The monoisotopic (exact) mass is 312 g/mol. The van der Waals surface area contributed by atoms with Gasteiger partial charge < -0.3 is 0 Å². The summed E-state index contributed by atoms with van der Waals surface area (Å²) in [5.74, 6) is 0. The van der Waals surface area contributed by atoms with Gasteiger partial charge in [0.25, 0.3) is 0 Å². The van der Waals surface area contributed by atoms with Gasteiger partial charge in [0, 0.05) is 6.54 Å². The summed E-state index contributed by atoms with van der Waals surface area (Å²) in [6, 6.07) is 31.3. The molecule has 0 aliphatic rings. The summed E-state index contributed by atoms with van der Waals surface area (Å²) in [6.45, 7) is 0.782. The quantitative estimate of drug-likeness (QED) is 0.678. The number of nitrogens with zero attached hydrogens (tertiary/aromatic N) is 2. The number of nitriles is 1. The van der Waals surface area contributed by atoms with Crippen molar-refractivity contribution in [2.75, 3.05) is 7.05 Å². The highest BCUT2D eigenvalue weighted by atomic mass is 15.1. The van der Waals surface area contributed by atoms with Gasteiger partial charge in [0.2, 0.25) is 0 Å². The van der Waals surface area contributed by atoms with E-state index in [0.717, 1.165) is 12.1 Å². The van der Waals surface area contributed by atoms with Crippen LogP contribution in [-0.2, 0) is 6.54 Å². The van der Waals surface area contributed by atoms with Crippen molar-refractivity contribution in [3.63, 3.8) is 0 Å². The van der Waals surface area contributed by atoms with Gasteiger partial charge in [-0.05, 0) is 35.9 Å². The Balaban J connectivity index is 1.92. The first-order valence-corrected chi connectivity index (χ1v) is 8.07. The highest BCUT2D eigenvalue weighted by Gasteiger charge is 2.19. The summed E-state index contributed by atoms with van der Waals surface area (Å²) in [5, 5.41) is 9.10. The van der Waals surface area contributed by atoms with E-state index in [9.17, 15) is 0 Å². The Labute approximate surface area is 143 Å². The molecule has 0 spiro atoms. The Bertz CT molecular complexity index is 780. The highest BCUT2D eigenvalue weighted by molar-refractivity contribution is 5.34. The van der Waals surface area contributed by atoms with E-state index in [2.05, 4.69) is 72.6 Å². The maximum atomic E-state index is 9.10. The van der Waals surface area contributed by atoms with Crippen LogP contribution in [0.5, 0.6) is 0 Å². The second-order valence-electron chi connectivity index (χ2n) is 5.95. The number of rotatable bonds is 5. The molecule has 0 aromatic heterocycles. The Kier molecular flexibility index (Phi) is 5.05. The molecular weight excluding hydrogens is 292 g/mol. The van der Waals surface area contributed by atoms with Gasteiger partial charge >= 0.3 is 0 Å². The molecule has 0 atom stereocenters. The maximum absolute atomic E-state index is 9.10. The van der Waals surface area contributed by atoms with Gasteiger partial charge in [-0.15, -0.1) is 0 Å². The van der Waals surface area contributed by atoms with E-state index in [1.54, 1.807) is 0 Å². The van der Waals surface area contributed by atoms with Crippen LogP contribution in [0.2, 0.25) is 0 Å². The van der Waals surface area contributed by atoms with Crippen LogP contribution in [0, 0.1) is 11.3 Å². The number of benzene rings is 3. The summed E-state index contributed by atoms with van der Waals surface area (Å²) in [4.78, 5) is 2.32. The van der Waals surface area contributed by atoms with Crippen molar-refractivity contribution < 1.29 is 0 Å². The van der Waals surface area contributed by atoms with Crippen molar-refractivity contribution in [3.05, 3.63) is 107 Å². The molecule has 0 N–H and O–H groups in total. The van der Waals surface area contributed by atoms with Crippen molar-refractivity contribution >= 4 is 0 Å². The first kappa shape index (κ1) is 16.0. The summed E-state index contributed by atoms with van der Waals surface area (Å²) < 4.78 is 0. The SMILES string of the molecule is CN(Cc1cccc(C#N)c1)C(c1ccccc1)c1ccccc1. The molecule has 0 bridgehead atoms. The van der Waals surface area contributed by atoms with Crippen LogP contribution >= 0.6 is 0 Å². The third kappa shape index (κ3) is 3.71. The first-order chi connectivity index (χ1) is 11.8. The summed E-state index contributed by atoms with van der Waals surface area (Å²) in [5.41, 5.74) is 4.38. The zero-order valence-electron chi connectivity index (χ0n) is 13.8. The lowest BCUT2D eigenvalue weighted by atomic mass is 9.97. The van der Waals surface area contributed by atoms with E-state index in [0.29, 0.717) is 5.56 Å². The third-order valence-electron chi connectivity index (χ3n) is 4.16. The lowest BCUT2D eigenvalue weighted by Crippen LogP contribution is -2.25. The predicted molar refractivity (Wildman–Crippen MR) is 97.4 cm³/mol. The van der Waals surface area contributed by atoms with Crippen LogP contribution in [0.3, 0.4) is 0 Å². The zero-order valence-corrected chi connectivity index (χ0v) is 13.8. The van der Waals surface area contributed by atoms with E-state index < -0.39 is 0 Å². The van der Waals surface area contributed by atoms with Gasteiger partial charge in [-0.25, -0.2) is 0 Å². The van der Waals surface area contributed by atoms with Crippen LogP contribution in [0.4, 0.5) is 0 Å². The van der Waals surface area contributed by atoms with Crippen LogP contribution in [0.1, 0.15) is 28.3 Å². The minimum Gasteiger partial charge on any atom is -0.291 e. The lowest BCUT2D eigenvalue weighted by molar-refractivity contribution is 0.270.